The summed E-state index contributed by atoms with van der Waals surface area (Å²) < 4.78 is 11.0. The summed E-state index contributed by atoms with van der Waals surface area (Å²) in [6.45, 7) is 9.98. The maximum Gasteiger partial charge on any atom is 0.410 e. The highest BCUT2D eigenvalue weighted by molar-refractivity contribution is 5.84. The van der Waals surface area contributed by atoms with Crippen LogP contribution >= 0.6 is 0 Å². The molecule has 1 atom stereocenters. The van der Waals surface area contributed by atoms with Gasteiger partial charge < -0.3 is 14.4 Å². The van der Waals surface area contributed by atoms with Crippen LogP contribution in [0.15, 0.2) is 6.07 Å². The summed E-state index contributed by atoms with van der Waals surface area (Å²) in [4.78, 5) is 34.2. The second-order valence-electron chi connectivity index (χ2n) is 7.05. The Morgan fingerprint density at radius 3 is 2.67 bits per heavy atom. The lowest BCUT2D eigenvalue weighted by atomic mass is 9.98. The normalized spacial score (nSPS) is 18.5. The number of aromatic nitrogens is 2. The molecule has 24 heavy (non-hydrogen) atoms. The first-order chi connectivity index (χ1) is 11.1. The summed E-state index contributed by atoms with van der Waals surface area (Å²) in [6.07, 6.45) is -0.0801. The molecule has 0 bridgehead atoms. The molecule has 0 N–H and O–H groups in total. The van der Waals surface area contributed by atoms with Crippen LogP contribution in [-0.4, -0.2) is 52.0 Å². The molecular weight excluding hydrogens is 310 g/mol. The van der Waals surface area contributed by atoms with Crippen molar-refractivity contribution >= 4 is 11.9 Å². The van der Waals surface area contributed by atoms with Crippen molar-refractivity contribution < 1.29 is 19.1 Å². The lowest BCUT2D eigenvalue weighted by Gasteiger charge is -2.33. The van der Waals surface area contributed by atoms with E-state index in [0.717, 1.165) is 5.69 Å². The van der Waals surface area contributed by atoms with E-state index in [1.165, 1.54) is 0 Å². The quantitative estimate of drug-likeness (QED) is 0.843. The van der Waals surface area contributed by atoms with Gasteiger partial charge in [0, 0.05) is 31.3 Å². The van der Waals surface area contributed by atoms with Gasteiger partial charge in [0.1, 0.15) is 23.8 Å². The van der Waals surface area contributed by atoms with Crippen LogP contribution in [0.2, 0.25) is 0 Å². The van der Waals surface area contributed by atoms with E-state index in [4.69, 9.17) is 9.47 Å². The van der Waals surface area contributed by atoms with Gasteiger partial charge in [-0.2, -0.15) is 4.98 Å². The van der Waals surface area contributed by atoms with Crippen molar-refractivity contribution in [1.29, 1.82) is 0 Å². The Labute approximate surface area is 142 Å². The Balaban J connectivity index is 1.96. The minimum absolute atomic E-state index is 0.0947. The number of hydrogen-bond acceptors (Lipinski definition) is 6. The van der Waals surface area contributed by atoms with Gasteiger partial charge >= 0.3 is 6.09 Å². The van der Waals surface area contributed by atoms with Gasteiger partial charge in [-0.1, -0.05) is 0 Å². The molecule has 1 saturated heterocycles. The molecule has 1 aliphatic rings. The molecule has 1 aromatic heterocycles. The van der Waals surface area contributed by atoms with Crippen LogP contribution in [0, 0.1) is 19.8 Å². The average molecular weight is 335 g/mol. The van der Waals surface area contributed by atoms with E-state index in [1.807, 2.05) is 27.7 Å². The summed E-state index contributed by atoms with van der Waals surface area (Å²) in [5.41, 5.74) is 0.253. The van der Waals surface area contributed by atoms with E-state index < -0.39 is 11.7 Å². The van der Waals surface area contributed by atoms with Crippen molar-refractivity contribution in [2.45, 2.75) is 46.6 Å². The first-order valence-electron chi connectivity index (χ1n) is 8.10. The Morgan fingerprint density at radius 1 is 1.33 bits per heavy atom. The number of likely N-dealkylation sites (tertiary alicyclic amines) is 1. The van der Waals surface area contributed by atoms with Crippen molar-refractivity contribution in [3.63, 3.8) is 0 Å². The average Bonchev–Trinajstić information content (AvgIpc) is 2.43. The van der Waals surface area contributed by atoms with Crippen molar-refractivity contribution in [2.75, 3.05) is 19.7 Å². The molecule has 2 heterocycles. The molecule has 1 aliphatic heterocycles. The molecule has 1 amide bonds. The summed E-state index contributed by atoms with van der Waals surface area (Å²) in [5, 5.41) is 0. The molecule has 132 valence electrons. The molecule has 0 saturated carbocycles. The number of amides is 1. The zero-order chi connectivity index (χ0) is 17.9. The van der Waals surface area contributed by atoms with E-state index in [0.29, 0.717) is 31.2 Å². The zero-order valence-corrected chi connectivity index (χ0v) is 15.0. The van der Waals surface area contributed by atoms with Gasteiger partial charge in [-0.05, 0) is 34.6 Å². The van der Waals surface area contributed by atoms with E-state index in [2.05, 4.69) is 9.97 Å². The highest BCUT2D eigenvalue weighted by Crippen LogP contribution is 2.18. The molecule has 1 aromatic rings. The minimum Gasteiger partial charge on any atom is -0.477 e. The molecule has 0 radical (unpaired) electrons. The summed E-state index contributed by atoms with van der Waals surface area (Å²) >= 11 is 0. The van der Waals surface area contributed by atoms with E-state index >= 15 is 0 Å². The van der Waals surface area contributed by atoms with Crippen molar-refractivity contribution in [3.8, 4) is 5.88 Å². The van der Waals surface area contributed by atoms with Crippen molar-refractivity contribution in [1.82, 2.24) is 14.9 Å². The van der Waals surface area contributed by atoms with Crippen LogP contribution in [0.3, 0.4) is 0 Å². The first-order valence-corrected chi connectivity index (χ1v) is 8.10. The van der Waals surface area contributed by atoms with E-state index in [9.17, 15) is 9.59 Å². The summed E-state index contributed by atoms with van der Waals surface area (Å²) in [7, 11) is 0. The number of hydrogen-bond donors (Lipinski definition) is 0. The van der Waals surface area contributed by atoms with Crippen LogP contribution in [0.4, 0.5) is 4.79 Å². The molecule has 0 aliphatic carbocycles. The molecule has 7 nitrogen and oxygen atoms in total. The smallest absolute Gasteiger partial charge is 0.410 e. The number of aryl methyl sites for hydroxylation is 2. The van der Waals surface area contributed by atoms with Crippen molar-refractivity contribution in [3.05, 3.63) is 17.6 Å². The third-order valence-electron chi connectivity index (χ3n) is 3.55. The molecule has 1 unspecified atom stereocenters. The standard InChI is InChI=1S/C17H25N3O4/c1-11-8-15(19-12(2)18-11)23-10-13-9-20(7-6-14(13)21)16(22)24-17(3,4)5/h8,13H,6-7,9-10H2,1-5H3. The minimum atomic E-state index is -0.555. The van der Waals surface area contributed by atoms with Crippen LogP contribution in [0.25, 0.3) is 0 Å². The van der Waals surface area contributed by atoms with Gasteiger partial charge in [0.25, 0.3) is 0 Å². The van der Waals surface area contributed by atoms with Gasteiger partial charge in [0.2, 0.25) is 5.88 Å². The second kappa shape index (κ2) is 7.15. The lowest BCUT2D eigenvalue weighted by molar-refractivity contribution is -0.127. The topological polar surface area (TPSA) is 81.6 Å². The zero-order valence-electron chi connectivity index (χ0n) is 15.0. The molecule has 7 heteroatoms. The number of carbonyl (C=O) groups is 2. The fourth-order valence-electron chi connectivity index (χ4n) is 2.49. The van der Waals surface area contributed by atoms with Crippen LogP contribution < -0.4 is 4.74 Å². The largest absolute Gasteiger partial charge is 0.477 e. The maximum absolute atomic E-state index is 12.2. The molecule has 0 spiro atoms. The predicted octanol–water partition coefficient (Wildman–Crippen LogP) is 2.30. The number of nitrogens with zero attached hydrogens (tertiary/aromatic N) is 3. The highest BCUT2D eigenvalue weighted by atomic mass is 16.6. The van der Waals surface area contributed by atoms with Gasteiger partial charge in [-0.15, -0.1) is 0 Å². The van der Waals surface area contributed by atoms with Crippen molar-refractivity contribution in [2.24, 2.45) is 5.92 Å². The Morgan fingerprint density at radius 2 is 2.04 bits per heavy atom. The fraction of sp³-hybridized carbons (Fsp3) is 0.647. The molecule has 2 rings (SSSR count). The SMILES string of the molecule is Cc1cc(OCC2CN(C(=O)OC(C)(C)C)CCC2=O)nc(C)n1. The van der Waals surface area contributed by atoms with E-state index in [1.54, 1.807) is 17.9 Å². The number of rotatable bonds is 3. The number of piperidine rings is 1. The van der Waals surface area contributed by atoms with Gasteiger partial charge in [0.05, 0.1) is 5.92 Å². The molecular formula is C17H25N3O4. The fourth-order valence-corrected chi connectivity index (χ4v) is 2.49. The second-order valence-corrected chi connectivity index (χ2v) is 7.05. The highest BCUT2D eigenvalue weighted by Gasteiger charge is 2.32. The van der Waals surface area contributed by atoms with Crippen LogP contribution in [0.5, 0.6) is 5.88 Å². The maximum atomic E-state index is 12.2. The number of ether oxygens (including phenoxy) is 2. The Kier molecular flexibility index (Phi) is 5.41. The molecule has 0 aromatic carbocycles. The number of carbonyl (C=O) groups excluding carboxylic acids is 2. The monoisotopic (exact) mass is 335 g/mol. The number of Topliss-reactive ketones (excluding diaryl/α,β-unsaturated/α-hetero) is 1. The third kappa shape index (κ3) is 5.18. The Hall–Kier alpha value is -2.18. The molecule has 1 fully saturated rings. The Bertz CT molecular complexity index is 605. The first kappa shape index (κ1) is 18.2. The van der Waals surface area contributed by atoms with Gasteiger partial charge in [0.15, 0.2) is 0 Å². The number of ketones is 1. The van der Waals surface area contributed by atoms with E-state index in [-0.39, 0.29) is 18.3 Å². The third-order valence-corrected chi connectivity index (χ3v) is 3.55. The van der Waals surface area contributed by atoms with Crippen LogP contribution in [0.1, 0.15) is 38.7 Å². The lowest BCUT2D eigenvalue weighted by Crippen LogP contribution is -2.47. The van der Waals surface area contributed by atoms with Gasteiger partial charge in [-0.3, -0.25) is 4.79 Å². The summed E-state index contributed by atoms with van der Waals surface area (Å²) in [5.74, 6) is 0.789. The van der Waals surface area contributed by atoms with Crippen LogP contribution in [-0.2, 0) is 9.53 Å². The van der Waals surface area contributed by atoms with Gasteiger partial charge in [-0.25, -0.2) is 9.78 Å². The predicted molar refractivity (Wildman–Crippen MR) is 87.9 cm³/mol. The summed E-state index contributed by atoms with van der Waals surface area (Å²) in [6, 6.07) is 1.73.